The molecule has 2 amide bonds. The summed E-state index contributed by atoms with van der Waals surface area (Å²) < 4.78 is 10.7. The minimum Gasteiger partial charge on any atom is -0.493 e. The van der Waals surface area contributed by atoms with Gasteiger partial charge in [-0.1, -0.05) is 12.1 Å². The van der Waals surface area contributed by atoms with Gasteiger partial charge >= 0.3 is 0 Å². The lowest BCUT2D eigenvalue weighted by Gasteiger charge is -2.20. The van der Waals surface area contributed by atoms with Crippen LogP contribution < -0.4 is 14.8 Å². The zero-order valence-electron chi connectivity index (χ0n) is 15.3. The summed E-state index contributed by atoms with van der Waals surface area (Å²) in [7, 11) is 4.92. The average molecular weight is 376 g/mol. The summed E-state index contributed by atoms with van der Waals surface area (Å²) in [6.07, 6.45) is 0.959. The second-order valence-electron chi connectivity index (χ2n) is 5.77. The zero-order valence-corrected chi connectivity index (χ0v) is 16.1. The van der Waals surface area contributed by atoms with E-state index >= 15 is 0 Å². The highest BCUT2D eigenvalue weighted by Gasteiger charge is 2.15. The summed E-state index contributed by atoms with van der Waals surface area (Å²) in [5, 5.41) is 6.49. The molecule has 2 rings (SSSR count). The van der Waals surface area contributed by atoms with Crippen LogP contribution in [0.5, 0.6) is 11.5 Å². The summed E-state index contributed by atoms with van der Waals surface area (Å²) in [5.74, 6) is 1.19. The van der Waals surface area contributed by atoms with Gasteiger partial charge in [-0.05, 0) is 23.9 Å². The number of ether oxygens (including phenoxy) is 2. The fraction of sp³-hybridized carbons (Fsp3) is 0.368. The van der Waals surface area contributed by atoms with Gasteiger partial charge in [0, 0.05) is 43.1 Å². The molecule has 0 saturated heterocycles. The lowest BCUT2D eigenvalue weighted by Crippen LogP contribution is -2.28. The predicted octanol–water partition coefficient (Wildman–Crippen LogP) is 2.93. The van der Waals surface area contributed by atoms with E-state index in [4.69, 9.17) is 9.47 Å². The molecule has 0 saturated carbocycles. The first kappa shape index (κ1) is 19.8. The van der Waals surface area contributed by atoms with E-state index in [0.29, 0.717) is 43.0 Å². The second kappa shape index (κ2) is 9.82. The first-order chi connectivity index (χ1) is 12.6. The number of nitrogens with one attached hydrogen (secondary N) is 1. The Labute approximate surface area is 157 Å². The van der Waals surface area contributed by atoms with Crippen LogP contribution in [0.1, 0.15) is 28.8 Å². The van der Waals surface area contributed by atoms with Gasteiger partial charge < -0.3 is 19.7 Å². The maximum Gasteiger partial charge on any atom is 0.252 e. The Morgan fingerprint density at radius 2 is 2.00 bits per heavy atom. The fourth-order valence-electron chi connectivity index (χ4n) is 2.55. The van der Waals surface area contributed by atoms with Crippen molar-refractivity contribution in [1.82, 2.24) is 10.2 Å². The molecular formula is C19H24N2O4S. The molecule has 140 valence electrons. The van der Waals surface area contributed by atoms with E-state index in [1.54, 1.807) is 37.6 Å². The SMILES string of the molecule is COc1cccc(CN(C)C(=O)CCCNC(=O)c2ccsc2)c1OC. The number of benzene rings is 1. The zero-order chi connectivity index (χ0) is 18.9. The van der Waals surface area contributed by atoms with Crippen molar-refractivity contribution in [2.75, 3.05) is 27.8 Å². The molecule has 0 aliphatic heterocycles. The topological polar surface area (TPSA) is 67.9 Å². The molecule has 0 radical (unpaired) electrons. The van der Waals surface area contributed by atoms with Gasteiger partial charge in [-0.15, -0.1) is 0 Å². The minimum absolute atomic E-state index is 0.0136. The second-order valence-corrected chi connectivity index (χ2v) is 6.55. The van der Waals surface area contributed by atoms with Gasteiger partial charge in [0.15, 0.2) is 11.5 Å². The third-order valence-electron chi connectivity index (χ3n) is 3.95. The van der Waals surface area contributed by atoms with Crippen molar-refractivity contribution in [3.05, 3.63) is 46.2 Å². The number of carbonyl (C=O) groups is 2. The molecule has 1 aromatic carbocycles. The molecule has 0 aliphatic rings. The van der Waals surface area contributed by atoms with Crippen molar-refractivity contribution in [2.24, 2.45) is 0 Å². The van der Waals surface area contributed by atoms with E-state index in [0.717, 1.165) is 5.56 Å². The molecule has 0 bridgehead atoms. The van der Waals surface area contributed by atoms with Gasteiger partial charge in [0.05, 0.1) is 14.2 Å². The molecular weight excluding hydrogens is 352 g/mol. The number of amides is 2. The van der Waals surface area contributed by atoms with E-state index in [1.165, 1.54) is 11.3 Å². The molecule has 1 heterocycles. The van der Waals surface area contributed by atoms with Gasteiger partial charge in [0.2, 0.25) is 5.91 Å². The van der Waals surface area contributed by atoms with Crippen molar-refractivity contribution >= 4 is 23.2 Å². The first-order valence-electron chi connectivity index (χ1n) is 8.31. The van der Waals surface area contributed by atoms with Gasteiger partial charge in [0.1, 0.15) is 0 Å². The minimum atomic E-state index is -0.104. The van der Waals surface area contributed by atoms with E-state index in [9.17, 15) is 9.59 Å². The first-order valence-corrected chi connectivity index (χ1v) is 9.25. The number of methoxy groups -OCH3 is 2. The molecule has 1 N–H and O–H groups in total. The third kappa shape index (κ3) is 5.23. The predicted molar refractivity (Wildman–Crippen MR) is 102 cm³/mol. The summed E-state index contributed by atoms with van der Waals surface area (Å²) in [4.78, 5) is 25.8. The van der Waals surface area contributed by atoms with Crippen molar-refractivity contribution < 1.29 is 19.1 Å². The van der Waals surface area contributed by atoms with Gasteiger partial charge in [-0.2, -0.15) is 11.3 Å². The summed E-state index contributed by atoms with van der Waals surface area (Å²) in [6.45, 7) is 0.900. The van der Waals surface area contributed by atoms with Gasteiger partial charge in [-0.25, -0.2) is 0 Å². The molecule has 0 atom stereocenters. The largest absolute Gasteiger partial charge is 0.493 e. The standard InChI is InChI=1S/C19H24N2O4S/c1-21(12-14-6-4-7-16(24-2)18(14)25-3)17(22)8-5-10-20-19(23)15-9-11-26-13-15/h4,6-7,9,11,13H,5,8,10,12H2,1-3H3,(H,20,23). The lowest BCUT2D eigenvalue weighted by atomic mass is 10.1. The monoisotopic (exact) mass is 376 g/mol. The molecule has 0 unspecified atom stereocenters. The number of hydrogen-bond acceptors (Lipinski definition) is 5. The number of thiophene rings is 1. The smallest absolute Gasteiger partial charge is 0.252 e. The molecule has 7 heteroatoms. The third-order valence-corrected chi connectivity index (χ3v) is 4.64. The van der Waals surface area contributed by atoms with Crippen molar-refractivity contribution in [3.8, 4) is 11.5 Å². The van der Waals surface area contributed by atoms with Crippen molar-refractivity contribution in [2.45, 2.75) is 19.4 Å². The number of carbonyl (C=O) groups excluding carboxylic acids is 2. The lowest BCUT2D eigenvalue weighted by molar-refractivity contribution is -0.130. The fourth-order valence-corrected chi connectivity index (χ4v) is 3.19. The Balaban J connectivity index is 1.80. The number of para-hydroxylation sites is 1. The summed E-state index contributed by atoms with van der Waals surface area (Å²) >= 11 is 1.48. The van der Waals surface area contributed by atoms with Crippen LogP contribution in [0, 0.1) is 0 Å². The maximum absolute atomic E-state index is 12.3. The number of hydrogen-bond donors (Lipinski definition) is 1. The molecule has 0 fully saturated rings. The van der Waals surface area contributed by atoms with Crippen LogP contribution in [-0.2, 0) is 11.3 Å². The summed E-state index contributed by atoms with van der Waals surface area (Å²) in [5.41, 5.74) is 1.54. The highest BCUT2D eigenvalue weighted by atomic mass is 32.1. The Kier molecular flexibility index (Phi) is 7.47. The van der Waals surface area contributed by atoms with Crippen molar-refractivity contribution in [1.29, 1.82) is 0 Å². The normalized spacial score (nSPS) is 10.3. The number of rotatable bonds is 9. The van der Waals surface area contributed by atoms with E-state index < -0.39 is 0 Å². The van der Waals surface area contributed by atoms with Crippen LogP contribution in [0.4, 0.5) is 0 Å². The van der Waals surface area contributed by atoms with Crippen LogP contribution in [0.3, 0.4) is 0 Å². The Morgan fingerprint density at radius 1 is 1.19 bits per heavy atom. The van der Waals surface area contributed by atoms with Crippen molar-refractivity contribution in [3.63, 3.8) is 0 Å². The average Bonchev–Trinajstić information content (AvgIpc) is 3.19. The number of nitrogens with zero attached hydrogens (tertiary/aromatic N) is 1. The van der Waals surface area contributed by atoms with E-state index in [2.05, 4.69) is 5.32 Å². The van der Waals surface area contributed by atoms with Crippen LogP contribution in [-0.4, -0.2) is 44.5 Å². The molecule has 0 spiro atoms. The molecule has 6 nitrogen and oxygen atoms in total. The van der Waals surface area contributed by atoms with Crippen LogP contribution in [0.15, 0.2) is 35.0 Å². The van der Waals surface area contributed by atoms with Crippen LogP contribution in [0.2, 0.25) is 0 Å². The van der Waals surface area contributed by atoms with Gasteiger partial charge in [-0.3, -0.25) is 9.59 Å². The Morgan fingerprint density at radius 3 is 2.65 bits per heavy atom. The molecule has 2 aromatic rings. The van der Waals surface area contributed by atoms with E-state index in [1.807, 2.05) is 23.6 Å². The highest BCUT2D eigenvalue weighted by Crippen LogP contribution is 2.31. The molecule has 0 aliphatic carbocycles. The Hall–Kier alpha value is -2.54. The maximum atomic E-state index is 12.3. The van der Waals surface area contributed by atoms with Gasteiger partial charge in [0.25, 0.3) is 5.91 Å². The van der Waals surface area contributed by atoms with Crippen LogP contribution >= 0.6 is 11.3 Å². The highest BCUT2D eigenvalue weighted by molar-refractivity contribution is 7.08. The molecule has 26 heavy (non-hydrogen) atoms. The van der Waals surface area contributed by atoms with Crippen LogP contribution in [0.25, 0.3) is 0 Å². The van der Waals surface area contributed by atoms with E-state index in [-0.39, 0.29) is 11.8 Å². The molecule has 1 aromatic heterocycles. The summed E-state index contributed by atoms with van der Waals surface area (Å²) in [6, 6.07) is 7.38. The Bertz CT molecular complexity index is 731. The quantitative estimate of drug-likeness (QED) is 0.683.